The maximum absolute atomic E-state index is 14.4. The second-order valence-corrected chi connectivity index (χ2v) is 19.2. The summed E-state index contributed by atoms with van der Waals surface area (Å²) in [5, 5.41) is 21.4. The molecule has 1 aliphatic carbocycles. The summed E-state index contributed by atoms with van der Waals surface area (Å²) in [5.41, 5.74) is -1.26. The Morgan fingerprint density at radius 2 is 1.56 bits per heavy atom. The number of nitrogens with zero attached hydrogens (tertiary/aromatic N) is 2. The van der Waals surface area contributed by atoms with Gasteiger partial charge in [0.15, 0.2) is 0 Å². The van der Waals surface area contributed by atoms with Crippen LogP contribution in [0.3, 0.4) is 0 Å². The average molecular weight is 757 g/mol. The molecule has 5 amide bonds. The van der Waals surface area contributed by atoms with E-state index in [1.165, 1.54) is 18.9 Å². The fourth-order valence-electron chi connectivity index (χ4n) is 6.90. The van der Waals surface area contributed by atoms with Gasteiger partial charge in [0.2, 0.25) is 34.2 Å². The van der Waals surface area contributed by atoms with Crippen LogP contribution in [0.5, 0.6) is 0 Å². The number of carbonyl (C=O) groups excluding carboxylic acids is 4. The number of halogens is 2. The monoisotopic (exact) mass is 756 g/mol. The molecule has 8 atom stereocenters. The van der Waals surface area contributed by atoms with E-state index in [4.69, 9.17) is 0 Å². The Kier molecular flexibility index (Phi) is 13.2. The first-order chi connectivity index (χ1) is 23.7. The van der Waals surface area contributed by atoms with E-state index in [9.17, 15) is 41.5 Å². The predicted molar refractivity (Wildman–Crippen MR) is 193 cm³/mol. The molecule has 2 fully saturated rings. The third kappa shape index (κ3) is 10.4. The molecule has 0 unspecified atom stereocenters. The molecule has 3 rings (SSSR count). The number of carbonyl (C=O) groups is 4. The Morgan fingerprint density at radius 3 is 2.06 bits per heavy atom. The van der Waals surface area contributed by atoms with Crippen molar-refractivity contribution in [1.29, 1.82) is 0 Å². The Hall–Kier alpha value is -3.37. The third-order valence-corrected chi connectivity index (χ3v) is 11.8. The molecule has 0 bridgehead atoms. The highest BCUT2D eigenvalue weighted by Crippen LogP contribution is 2.65. The van der Waals surface area contributed by atoms with E-state index in [1.54, 1.807) is 51.1 Å². The molecule has 5 N–H and O–H groups in total. The molecule has 13 nitrogen and oxygen atoms in total. The average Bonchev–Trinajstić information content (AvgIpc) is 3.31. The second kappa shape index (κ2) is 15.9. The zero-order valence-corrected chi connectivity index (χ0v) is 33.0. The molecule has 1 heterocycles. The van der Waals surface area contributed by atoms with E-state index in [1.807, 2.05) is 34.6 Å². The largest absolute Gasteiger partial charge is 0.386 e. The summed E-state index contributed by atoms with van der Waals surface area (Å²) in [5.74, 6) is -2.63. The zero-order valence-electron chi connectivity index (χ0n) is 32.2. The van der Waals surface area contributed by atoms with Gasteiger partial charge in [0.1, 0.15) is 18.1 Å². The molecular formula is C36H58F2N6O7S. The second-order valence-electron chi connectivity index (χ2n) is 17.1. The predicted octanol–water partition coefficient (Wildman–Crippen LogP) is 2.87. The van der Waals surface area contributed by atoms with Gasteiger partial charge in [0.25, 0.3) is 0 Å². The molecule has 16 heteroatoms. The first-order valence-electron chi connectivity index (χ1n) is 17.6. The number of alkyl halides is 2. The maximum atomic E-state index is 14.4. The van der Waals surface area contributed by atoms with Gasteiger partial charge in [0, 0.05) is 32.6 Å². The van der Waals surface area contributed by atoms with Gasteiger partial charge in [-0.2, -0.15) is 0 Å². The number of piperidine rings is 1. The van der Waals surface area contributed by atoms with Crippen molar-refractivity contribution >= 4 is 33.8 Å². The Bertz CT molecular complexity index is 1560. The number of aliphatic hydroxyl groups excluding tert-OH is 1. The normalized spacial score (nSPS) is 22.8. The van der Waals surface area contributed by atoms with Crippen molar-refractivity contribution in [3.05, 3.63) is 35.9 Å². The van der Waals surface area contributed by atoms with Crippen molar-refractivity contribution in [1.82, 2.24) is 30.5 Å². The molecule has 1 aromatic carbocycles. The number of fused-ring (bicyclic) bond motifs is 1. The van der Waals surface area contributed by atoms with E-state index in [0.29, 0.717) is 5.56 Å². The van der Waals surface area contributed by atoms with Crippen LogP contribution in [0.2, 0.25) is 0 Å². The first-order valence-corrected chi connectivity index (χ1v) is 19.4. The van der Waals surface area contributed by atoms with Gasteiger partial charge >= 0.3 is 6.03 Å². The quantitative estimate of drug-likeness (QED) is 0.194. The van der Waals surface area contributed by atoms with Crippen LogP contribution < -0.4 is 21.3 Å². The summed E-state index contributed by atoms with van der Waals surface area (Å²) in [7, 11) is -2.14. The van der Waals surface area contributed by atoms with Gasteiger partial charge in [-0.3, -0.25) is 14.4 Å². The highest BCUT2D eigenvalue weighted by Gasteiger charge is 2.70. The molecule has 2 aliphatic rings. The van der Waals surface area contributed by atoms with Crippen LogP contribution in [-0.2, 0) is 24.4 Å². The zero-order chi connectivity index (χ0) is 39.7. The first kappa shape index (κ1) is 43.0. The molecule has 1 aromatic rings. The fourth-order valence-corrected chi connectivity index (χ4v) is 7.32. The molecule has 0 spiro atoms. The smallest absolute Gasteiger partial charge is 0.315 e. The molecule has 0 radical (unpaired) electrons. The third-order valence-electron chi connectivity index (χ3n) is 10.5. The summed E-state index contributed by atoms with van der Waals surface area (Å²) >= 11 is 0. The summed E-state index contributed by atoms with van der Waals surface area (Å²) in [4.78, 5) is 56.5. The molecule has 1 saturated carbocycles. The summed E-state index contributed by atoms with van der Waals surface area (Å²) in [6, 6.07) is 2.38. The van der Waals surface area contributed by atoms with Crippen molar-refractivity contribution in [2.75, 3.05) is 26.4 Å². The van der Waals surface area contributed by atoms with Gasteiger partial charge in [-0.1, -0.05) is 85.7 Å². The summed E-state index contributed by atoms with van der Waals surface area (Å²) < 4.78 is 52.9. The van der Waals surface area contributed by atoms with E-state index < -0.39 is 93.8 Å². The van der Waals surface area contributed by atoms with Crippen molar-refractivity contribution in [3.63, 3.8) is 0 Å². The lowest BCUT2D eigenvalue weighted by Gasteiger charge is -2.39. The molecule has 1 saturated heterocycles. The Labute approximate surface area is 307 Å². The molecular weight excluding hydrogens is 698 g/mol. The molecule has 52 heavy (non-hydrogen) atoms. The number of hydrogen-bond acceptors (Lipinski definition) is 7. The van der Waals surface area contributed by atoms with Gasteiger partial charge in [-0.15, -0.1) is 0 Å². The Morgan fingerprint density at radius 1 is 0.981 bits per heavy atom. The lowest BCUT2D eigenvalue weighted by atomic mass is 9.85. The number of urea groups is 1. The number of rotatable bonds is 14. The van der Waals surface area contributed by atoms with Crippen molar-refractivity contribution in [2.24, 2.45) is 28.1 Å². The van der Waals surface area contributed by atoms with E-state index >= 15 is 0 Å². The summed E-state index contributed by atoms with van der Waals surface area (Å²) in [6.45, 7) is 16.4. The van der Waals surface area contributed by atoms with Crippen molar-refractivity contribution in [2.45, 2.75) is 111 Å². The maximum Gasteiger partial charge on any atom is 0.315 e. The Balaban J connectivity index is 1.83. The van der Waals surface area contributed by atoms with E-state index in [0.717, 1.165) is 10.6 Å². The lowest BCUT2D eigenvalue weighted by molar-refractivity contribution is -0.144. The number of sulfonamides is 1. The van der Waals surface area contributed by atoms with Gasteiger partial charge in [-0.05, 0) is 40.6 Å². The highest BCUT2D eigenvalue weighted by molar-refractivity contribution is 7.88. The number of likely N-dealkylation sites (tertiary alicyclic amines) is 1. The van der Waals surface area contributed by atoms with Crippen LogP contribution in [0.25, 0.3) is 0 Å². The van der Waals surface area contributed by atoms with Crippen LogP contribution >= 0.6 is 0 Å². The number of nitrogens with one attached hydrogen (secondary N) is 4. The van der Waals surface area contributed by atoms with Gasteiger partial charge in [0.05, 0.1) is 18.4 Å². The minimum Gasteiger partial charge on any atom is -0.386 e. The molecule has 294 valence electrons. The number of amides is 5. The van der Waals surface area contributed by atoms with Crippen LogP contribution in [0.15, 0.2) is 30.3 Å². The van der Waals surface area contributed by atoms with Crippen molar-refractivity contribution in [3.8, 4) is 0 Å². The minimum absolute atomic E-state index is 0.0198. The molecule has 1 aliphatic heterocycles. The minimum atomic E-state index is -3.55. The van der Waals surface area contributed by atoms with Gasteiger partial charge in [-0.25, -0.2) is 26.3 Å². The number of benzene rings is 1. The van der Waals surface area contributed by atoms with Crippen molar-refractivity contribution < 1.29 is 41.5 Å². The lowest BCUT2D eigenvalue weighted by Crippen LogP contribution is -2.63. The molecule has 0 aromatic heterocycles. The fraction of sp³-hybridized carbons (Fsp3) is 0.722. The van der Waals surface area contributed by atoms with Crippen LogP contribution in [0, 0.1) is 28.1 Å². The van der Waals surface area contributed by atoms with Crippen LogP contribution in [0.1, 0.15) is 80.4 Å². The van der Waals surface area contributed by atoms with Crippen LogP contribution in [-0.4, -0.2) is 110 Å². The van der Waals surface area contributed by atoms with Gasteiger partial charge < -0.3 is 31.3 Å². The number of hydrogen-bond donors (Lipinski definition) is 5. The van der Waals surface area contributed by atoms with E-state index in [-0.39, 0.29) is 30.3 Å². The van der Waals surface area contributed by atoms with Crippen LogP contribution in [0.4, 0.5) is 13.6 Å². The topological polar surface area (TPSA) is 177 Å². The number of aliphatic hydroxyl groups is 1. The van der Waals surface area contributed by atoms with E-state index in [2.05, 4.69) is 21.3 Å². The SMILES string of the molecule is C[C@H](NC(=O)[C@H](CC(F)F)NC(=O)[C@@H]1[C@@H]2[C@H](CN1C(=O)[C@@H](NC(=O)N[C@H](CN(C)S(C)(=O)=O)C(C)(C)C)C(C)(C)C)C2(C)C)[C@H](O)c1ccccc1. The summed E-state index contributed by atoms with van der Waals surface area (Å²) in [6.07, 6.45) is -4.00. The number of likely N-dealkylation sites (N-methyl/N-ethyl adjacent to an activating group) is 1. The standard InChI is InChI=1S/C36H58F2N6O7S/c1-20(28(45)21-15-13-12-14-16-21)39-30(46)23(17-25(37)38)40-31(47)27-26-22(36(26,8)9)18-44(27)32(48)29(35(5,6)7)42-33(49)41-24(34(2,3)4)19-43(10)52(11,50)51/h12-16,20,22-29,45H,17-19H2,1-11H3,(H,39,46)(H,40,47)(H2,41,42,49)/t20-,22-,23-,24+,26-,27-,28-,29+/m0/s1. The highest BCUT2D eigenvalue weighted by atomic mass is 32.2.